The van der Waals surface area contributed by atoms with E-state index in [9.17, 15) is 22.8 Å². The van der Waals surface area contributed by atoms with E-state index < -0.39 is 31.0 Å². The maximum atomic E-state index is 12.4. The second-order valence-corrected chi connectivity index (χ2v) is 9.07. The van der Waals surface area contributed by atoms with Crippen molar-refractivity contribution in [3.63, 3.8) is 0 Å². The molecule has 1 aliphatic heterocycles. The number of amides is 3. The van der Waals surface area contributed by atoms with Crippen LogP contribution >= 0.6 is 0 Å². The van der Waals surface area contributed by atoms with Crippen LogP contribution in [0.15, 0.2) is 78.9 Å². The van der Waals surface area contributed by atoms with Crippen LogP contribution in [0.25, 0.3) is 0 Å². The van der Waals surface area contributed by atoms with Crippen molar-refractivity contribution in [2.45, 2.75) is 31.5 Å². The van der Waals surface area contributed by atoms with E-state index in [0.717, 1.165) is 11.4 Å². The SMILES string of the molecule is CN(C(=O)CCC(F)(F)F)C1CCN(c2ccc(NC(=O)Nc3ccc(Oc4ccccc4)cc3)cc2)C1. The summed E-state index contributed by atoms with van der Waals surface area (Å²) in [6, 6.07) is 23.1. The largest absolute Gasteiger partial charge is 0.457 e. The first kappa shape index (κ1) is 26.8. The van der Waals surface area contributed by atoms with Gasteiger partial charge in [0.15, 0.2) is 0 Å². The molecule has 3 aromatic rings. The van der Waals surface area contributed by atoms with Gasteiger partial charge < -0.3 is 25.2 Å². The van der Waals surface area contributed by atoms with Crippen molar-refractivity contribution in [2.24, 2.45) is 0 Å². The van der Waals surface area contributed by atoms with Gasteiger partial charge in [0.2, 0.25) is 5.91 Å². The van der Waals surface area contributed by atoms with Crippen LogP contribution in [0.4, 0.5) is 35.0 Å². The molecule has 0 spiro atoms. The van der Waals surface area contributed by atoms with Crippen LogP contribution in [0.3, 0.4) is 0 Å². The summed E-state index contributed by atoms with van der Waals surface area (Å²) < 4.78 is 43.0. The van der Waals surface area contributed by atoms with Gasteiger partial charge in [0, 0.05) is 43.6 Å². The molecule has 1 unspecified atom stereocenters. The van der Waals surface area contributed by atoms with Crippen LogP contribution in [-0.2, 0) is 4.79 Å². The third-order valence-electron chi connectivity index (χ3n) is 6.31. The molecule has 1 saturated heterocycles. The molecular weight excluding hydrogens is 497 g/mol. The highest BCUT2D eigenvalue weighted by molar-refractivity contribution is 5.99. The maximum Gasteiger partial charge on any atom is 0.389 e. The second-order valence-electron chi connectivity index (χ2n) is 9.07. The number of hydrogen-bond acceptors (Lipinski definition) is 4. The van der Waals surface area contributed by atoms with Crippen molar-refractivity contribution < 1.29 is 27.5 Å². The first-order valence-corrected chi connectivity index (χ1v) is 12.2. The van der Waals surface area contributed by atoms with Gasteiger partial charge in [0.25, 0.3) is 0 Å². The van der Waals surface area contributed by atoms with Gasteiger partial charge in [0.05, 0.1) is 12.5 Å². The van der Waals surface area contributed by atoms with Gasteiger partial charge in [-0.15, -0.1) is 0 Å². The molecule has 0 aliphatic carbocycles. The van der Waals surface area contributed by atoms with Gasteiger partial charge in [-0.3, -0.25) is 4.79 Å². The third-order valence-corrected chi connectivity index (χ3v) is 6.31. The fourth-order valence-corrected chi connectivity index (χ4v) is 4.20. The van der Waals surface area contributed by atoms with Crippen molar-refractivity contribution >= 4 is 29.0 Å². The number of hydrogen-bond donors (Lipinski definition) is 2. The Bertz CT molecular complexity index is 1220. The molecule has 0 bridgehead atoms. The van der Waals surface area contributed by atoms with E-state index in [0.29, 0.717) is 36.6 Å². The standard InChI is InChI=1S/C28H29F3N4O3/c1-34(26(36)15-17-28(29,30)31)23-16-18-35(19-23)22-11-7-20(8-12-22)32-27(37)33-21-9-13-25(14-10-21)38-24-5-3-2-4-6-24/h2-14,23H,15-19H2,1H3,(H2,32,33,37). The summed E-state index contributed by atoms with van der Waals surface area (Å²) in [4.78, 5) is 28.1. The molecular formula is C28H29F3N4O3. The Morgan fingerprint density at radius 2 is 1.50 bits per heavy atom. The quantitative estimate of drug-likeness (QED) is 0.351. The summed E-state index contributed by atoms with van der Waals surface area (Å²) in [5, 5.41) is 5.56. The Balaban J connectivity index is 1.24. The van der Waals surface area contributed by atoms with Crippen molar-refractivity contribution in [1.29, 1.82) is 0 Å². The summed E-state index contributed by atoms with van der Waals surface area (Å²) in [6.45, 7) is 1.21. The van der Waals surface area contributed by atoms with E-state index in [1.54, 1.807) is 43.4 Å². The third kappa shape index (κ3) is 7.64. The van der Waals surface area contributed by atoms with Gasteiger partial charge >= 0.3 is 12.2 Å². The summed E-state index contributed by atoms with van der Waals surface area (Å²) in [7, 11) is 1.56. The number of nitrogens with one attached hydrogen (secondary N) is 2. The molecule has 1 heterocycles. The molecule has 3 aromatic carbocycles. The first-order valence-electron chi connectivity index (χ1n) is 12.2. The maximum absolute atomic E-state index is 12.4. The lowest BCUT2D eigenvalue weighted by Gasteiger charge is -2.26. The van der Waals surface area contributed by atoms with Crippen molar-refractivity contribution in [2.75, 3.05) is 35.7 Å². The van der Waals surface area contributed by atoms with E-state index in [-0.39, 0.29) is 6.04 Å². The number of anilines is 3. The molecule has 0 saturated carbocycles. The summed E-state index contributed by atoms with van der Waals surface area (Å²) in [6.07, 6.45) is -5.31. The van der Waals surface area contributed by atoms with Crippen molar-refractivity contribution in [1.82, 2.24) is 4.90 Å². The molecule has 0 aromatic heterocycles. The monoisotopic (exact) mass is 526 g/mol. The second kappa shape index (κ2) is 11.9. The Morgan fingerprint density at radius 1 is 0.921 bits per heavy atom. The molecule has 200 valence electrons. The van der Waals surface area contributed by atoms with Gasteiger partial charge in [0.1, 0.15) is 11.5 Å². The minimum absolute atomic E-state index is 0.149. The normalized spacial score (nSPS) is 15.2. The predicted octanol–water partition coefficient (Wildman–Crippen LogP) is 6.50. The number of urea groups is 1. The van der Waals surface area contributed by atoms with Crippen LogP contribution in [0.5, 0.6) is 11.5 Å². The summed E-state index contributed by atoms with van der Waals surface area (Å²) in [5.41, 5.74) is 2.12. The highest BCUT2D eigenvalue weighted by Gasteiger charge is 2.32. The Hall–Kier alpha value is -4.21. The molecule has 3 amide bonds. The Labute approximate surface area is 219 Å². The lowest BCUT2D eigenvalue weighted by Crippen LogP contribution is -2.39. The number of halogens is 3. The zero-order valence-electron chi connectivity index (χ0n) is 20.9. The topological polar surface area (TPSA) is 73.9 Å². The minimum Gasteiger partial charge on any atom is -0.457 e. The fourth-order valence-electron chi connectivity index (χ4n) is 4.20. The average molecular weight is 527 g/mol. The van der Waals surface area contributed by atoms with Crippen molar-refractivity contribution in [3.05, 3.63) is 78.9 Å². The van der Waals surface area contributed by atoms with Crippen LogP contribution in [0.1, 0.15) is 19.3 Å². The number of ether oxygens (including phenoxy) is 1. The molecule has 1 aliphatic rings. The van der Waals surface area contributed by atoms with Crippen LogP contribution in [-0.4, -0.2) is 49.2 Å². The van der Waals surface area contributed by atoms with E-state index in [1.165, 1.54) is 4.90 Å². The molecule has 10 heteroatoms. The molecule has 1 fully saturated rings. The van der Waals surface area contributed by atoms with E-state index in [2.05, 4.69) is 15.5 Å². The van der Waals surface area contributed by atoms with Crippen LogP contribution < -0.4 is 20.3 Å². The number of para-hydroxylation sites is 1. The predicted molar refractivity (Wildman–Crippen MR) is 141 cm³/mol. The van der Waals surface area contributed by atoms with Crippen LogP contribution in [0, 0.1) is 0 Å². The number of nitrogens with zero attached hydrogens (tertiary/aromatic N) is 2. The number of likely N-dealkylation sites (N-methyl/N-ethyl adjacent to an activating group) is 1. The zero-order chi connectivity index (χ0) is 27.1. The first-order chi connectivity index (χ1) is 18.2. The average Bonchev–Trinajstić information content (AvgIpc) is 3.39. The van der Waals surface area contributed by atoms with Gasteiger partial charge in [-0.25, -0.2) is 4.79 Å². The Kier molecular flexibility index (Phi) is 8.40. The van der Waals surface area contributed by atoms with E-state index >= 15 is 0 Å². The minimum atomic E-state index is -4.34. The number of alkyl halides is 3. The number of carbonyl (C=O) groups excluding carboxylic acids is 2. The molecule has 7 nitrogen and oxygen atoms in total. The summed E-state index contributed by atoms with van der Waals surface area (Å²) in [5.74, 6) is 0.872. The summed E-state index contributed by atoms with van der Waals surface area (Å²) >= 11 is 0. The van der Waals surface area contributed by atoms with Gasteiger partial charge in [-0.2, -0.15) is 13.2 Å². The number of benzene rings is 3. The molecule has 1 atom stereocenters. The number of rotatable bonds is 8. The Morgan fingerprint density at radius 3 is 2.11 bits per heavy atom. The molecule has 0 radical (unpaired) electrons. The fraction of sp³-hybridized carbons (Fsp3) is 0.286. The van der Waals surface area contributed by atoms with E-state index in [1.807, 2.05) is 42.5 Å². The zero-order valence-corrected chi connectivity index (χ0v) is 20.9. The van der Waals surface area contributed by atoms with Gasteiger partial charge in [-0.05, 0) is 67.1 Å². The molecule has 2 N–H and O–H groups in total. The van der Waals surface area contributed by atoms with Gasteiger partial charge in [-0.1, -0.05) is 18.2 Å². The highest BCUT2D eigenvalue weighted by atomic mass is 19.4. The number of carbonyl (C=O) groups is 2. The lowest BCUT2D eigenvalue weighted by molar-refractivity contribution is -0.149. The lowest BCUT2D eigenvalue weighted by atomic mass is 10.2. The smallest absolute Gasteiger partial charge is 0.389 e. The highest BCUT2D eigenvalue weighted by Crippen LogP contribution is 2.27. The van der Waals surface area contributed by atoms with Crippen LogP contribution in [0.2, 0.25) is 0 Å². The van der Waals surface area contributed by atoms with E-state index in [4.69, 9.17) is 4.74 Å². The molecule has 4 rings (SSSR count). The van der Waals surface area contributed by atoms with Crippen molar-refractivity contribution in [3.8, 4) is 11.5 Å². The molecule has 38 heavy (non-hydrogen) atoms.